The predicted octanol–water partition coefficient (Wildman–Crippen LogP) is 1.01. The van der Waals surface area contributed by atoms with E-state index in [1.807, 2.05) is 0 Å². The predicted molar refractivity (Wildman–Crippen MR) is 48.4 cm³/mol. The van der Waals surface area contributed by atoms with Crippen molar-refractivity contribution in [3.63, 3.8) is 0 Å². The normalized spacial score (nSPS) is 12.0. The van der Waals surface area contributed by atoms with Gasteiger partial charge in [0.25, 0.3) is 10.0 Å². The lowest BCUT2D eigenvalue weighted by Crippen LogP contribution is -2.25. The van der Waals surface area contributed by atoms with Crippen molar-refractivity contribution in [2.24, 2.45) is 0 Å². The second-order valence-corrected chi connectivity index (χ2v) is 4.49. The molecule has 6 heteroatoms. The molecular formula is C8H10FNO3S. The van der Waals surface area contributed by atoms with E-state index in [1.54, 1.807) is 0 Å². The van der Waals surface area contributed by atoms with Crippen LogP contribution in [0.2, 0.25) is 0 Å². The zero-order valence-electron chi connectivity index (χ0n) is 7.77. The number of hydroxylamine groups is 1. The Kier molecular flexibility index (Phi) is 3.20. The molecule has 78 valence electrons. The van der Waals surface area contributed by atoms with Gasteiger partial charge in [0.1, 0.15) is 5.82 Å². The zero-order chi connectivity index (χ0) is 10.8. The molecule has 0 aromatic heterocycles. The van der Waals surface area contributed by atoms with Crippen molar-refractivity contribution >= 4 is 10.0 Å². The maximum Gasteiger partial charge on any atom is 0.264 e. The Morgan fingerprint density at radius 2 is 2.07 bits per heavy atom. The molecule has 0 bridgehead atoms. The number of rotatable bonds is 3. The summed E-state index contributed by atoms with van der Waals surface area (Å²) in [4.78, 5) is 4.39. The Balaban J connectivity index is 3.17. The Morgan fingerprint density at radius 1 is 1.43 bits per heavy atom. The summed E-state index contributed by atoms with van der Waals surface area (Å²) >= 11 is 0. The molecule has 0 aliphatic carbocycles. The van der Waals surface area contributed by atoms with Gasteiger partial charge in [-0.15, -0.1) is 0 Å². The van der Waals surface area contributed by atoms with E-state index in [1.165, 1.54) is 32.4 Å². The fourth-order valence-electron chi connectivity index (χ4n) is 0.874. The first-order valence-corrected chi connectivity index (χ1v) is 5.21. The average Bonchev–Trinajstić information content (AvgIpc) is 2.16. The second kappa shape index (κ2) is 4.04. The summed E-state index contributed by atoms with van der Waals surface area (Å²) in [6.45, 7) is 0. The Labute approximate surface area is 81.9 Å². The van der Waals surface area contributed by atoms with Crippen LogP contribution in [0.3, 0.4) is 0 Å². The van der Waals surface area contributed by atoms with Crippen molar-refractivity contribution in [1.29, 1.82) is 0 Å². The van der Waals surface area contributed by atoms with Crippen molar-refractivity contribution < 1.29 is 17.6 Å². The third kappa shape index (κ3) is 2.09. The van der Waals surface area contributed by atoms with Crippen molar-refractivity contribution in [1.82, 2.24) is 4.47 Å². The topological polar surface area (TPSA) is 46.6 Å². The van der Waals surface area contributed by atoms with E-state index in [0.717, 1.165) is 6.07 Å². The van der Waals surface area contributed by atoms with Crippen LogP contribution in [-0.2, 0) is 14.9 Å². The van der Waals surface area contributed by atoms with Gasteiger partial charge in [-0.1, -0.05) is 10.5 Å². The molecule has 0 saturated carbocycles. The summed E-state index contributed by atoms with van der Waals surface area (Å²) in [5.74, 6) is -0.601. The van der Waals surface area contributed by atoms with E-state index in [0.29, 0.717) is 4.47 Å². The van der Waals surface area contributed by atoms with Gasteiger partial charge in [-0.2, -0.15) is 0 Å². The lowest BCUT2D eigenvalue weighted by Gasteiger charge is -2.13. The SMILES string of the molecule is CON(C)S(=O)(=O)c1cccc(F)c1. The molecule has 0 N–H and O–H groups in total. The molecule has 0 atom stereocenters. The highest BCUT2D eigenvalue weighted by Gasteiger charge is 2.20. The molecule has 1 aromatic carbocycles. The lowest BCUT2D eigenvalue weighted by atomic mass is 10.4. The number of hydrogen-bond acceptors (Lipinski definition) is 3. The van der Waals surface area contributed by atoms with Crippen LogP contribution in [0.5, 0.6) is 0 Å². The molecule has 0 amide bonds. The molecule has 0 saturated heterocycles. The highest BCUT2D eigenvalue weighted by molar-refractivity contribution is 7.89. The maximum atomic E-state index is 12.7. The van der Waals surface area contributed by atoms with Crippen LogP contribution >= 0.6 is 0 Å². The van der Waals surface area contributed by atoms with Gasteiger partial charge in [-0.3, -0.25) is 4.84 Å². The number of benzene rings is 1. The van der Waals surface area contributed by atoms with Crippen LogP contribution in [0, 0.1) is 5.82 Å². The quantitative estimate of drug-likeness (QED) is 0.713. The van der Waals surface area contributed by atoms with Crippen molar-refractivity contribution in [3.8, 4) is 0 Å². The molecule has 0 aliphatic rings. The maximum absolute atomic E-state index is 12.7. The third-order valence-corrected chi connectivity index (χ3v) is 3.37. The minimum Gasteiger partial charge on any atom is -0.288 e. The fourth-order valence-corrected chi connectivity index (χ4v) is 1.88. The van der Waals surface area contributed by atoms with Gasteiger partial charge >= 0.3 is 0 Å². The highest BCUT2D eigenvalue weighted by atomic mass is 32.2. The molecule has 0 aliphatic heterocycles. The third-order valence-electron chi connectivity index (χ3n) is 1.69. The molecule has 4 nitrogen and oxygen atoms in total. The Morgan fingerprint density at radius 3 is 2.57 bits per heavy atom. The van der Waals surface area contributed by atoms with Crippen molar-refractivity contribution in [2.45, 2.75) is 4.90 Å². The second-order valence-electron chi connectivity index (χ2n) is 2.55. The standard InChI is InChI=1S/C8H10FNO3S/c1-10(13-2)14(11,12)8-5-3-4-7(9)6-8/h3-6H,1-2H3. The van der Waals surface area contributed by atoms with Gasteiger partial charge in [-0.25, -0.2) is 12.8 Å². The summed E-state index contributed by atoms with van der Waals surface area (Å²) < 4.78 is 36.5. The molecule has 1 rings (SSSR count). The minimum absolute atomic E-state index is 0.137. The van der Waals surface area contributed by atoms with Crippen molar-refractivity contribution in [2.75, 3.05) is 14.2 Å². The molecular weight excluding hydrogens is 209 g/mol. The van der Waals surface area contributed by atoms with Crippen LogP contribution < -0.4 is 0 Å². The molecule has 0 spiro atoms. The molecule has 0 unspecified atom stereocenters. The van der Waals surface area contributed by atoms with E-state index < -0.39 is 15.8 Å². The van der Waals surface area contributed by atoms with Crippen LogP contribution in [0.25, 0.3) is 0 Å². The van der Waals surface area contributed by atoms with E-state index in [9.17, 15) is 12.8 Å². The summed E-state index contributed by atoms with van der Waals surface area (Å²) in [5, 5.41) is 0. The largest absolute Gasteiger partial charge is 0.288 e. The van der Waals surface area contributed by atoms with Crippen LogP contribution in [0.15, 0.2) is 29.2 Å². The smallest absolute Gasteiger partial charge is 0.264 e. The van der Waals surface area contributed by atoms with Crippen molar-refractivity contribution in [3.05, 3.63) is 30.1 Å². The van der Waals surface area contributed by atoms with E-state index >= 15 is 0 Å². The van der Waals surface area contributed by atoms with E-state index in [-0.39, 0.29) is 4.90 Å². The fraction of sp³-hybridized carbons (Fsp3) is 0.250. The summed E-state index contributed by atoms with van der Waals surface area (Å²) in [7, 11) is -1.28. The van der Waals surface area contributed by atoms with Crippen LogP contribution in [0.1, 0.15) is 0 Å². The average molecular weight is 219 g/mol. The molecule has 14 heavy (non-hydrogen) atoms. The molecule has 0 radical (unpaired) electrons. The van der Waals surface area contributed by atoms with Gasteiger partial charge in [0.15, 0.2) is 0 Å². The Hall–Kier alpha value is -0.980. The summed E-state index contributed by atoms with van der Waals surface area (Å²) in [6.07, 6.45) is 0. The Bertz CT molecular complexity index is 418. The van der Waals surface area contributed by atoms with Crippen LogP contribution in [0.4, 0.5) is 4.39 Å². The number of nitrogens with zero attached hydrogens (tertiary/aromatic N) is 1. The van der Waals surface area contributed by atoms with Gasteiger partial charge in [-0.05, 0) is 18.2 Å². The number of hydrogen-bond donors (Lipinski definition) is 0. The lowest BCUT2D eigenvalue weighted by molar-refractivity contribution is -0.0258. The van der Waals surface area contributed by atoms with Gasteiger partial charge in [0.05, 0.1) is 12.0 Å². The van der Waals surface area contributed by atoms with Gasteiger partial charge < -0.3 is 0 Å². The molecule has 1 aromatic rings. The number of halogens is 1. The van der Waals surface area contributed by atoms with Crippen LogP contribution in [-0.4, -0.2) is 27.0 Å². The first kappa shape index (κ1) is 11.1. The van der Waals surface area contributed by atoms with Gasteiger partial charge in [0, 0.05) is 7.05 Å². The summed E-state index contributed by atoms with van der Waals surface area (Å²) in [6, 6.07) is 4.73. The first-order chi connectivity index (χ1) is 6.48. The summed E-state index contributed by atoms with van der Waals surface area (Å²) in [5.41, 5.74) is 0. The molecule has 0 fully saturated rings. The van der Waals surface area contributed by atoms with E-state index in [4.69, 9.17) is 0 Å². The molecule has 0 heterocycles. The number of sulfonamides is 1. The minimum atomic E-state index is -3.74. The van der Waals surface area contributed by atoms with Gasteiger partial charge in [0.2, 0.25) is 0 Å². The first-order valence-electron chi connectivity index (χ1n) is 3.77. The van der Waals surface area contributed by atoms with E-state index in [2.05, 4.69) is 4.84 Å². The zero-order valence-corrected chi connectivity index (χ0v) is 8.58. The highest BCUT2D eigenvalue weighted by Crippen LogP contribution is 2.14. The monoisotopic (exact) mass is 219 g/mol.